The number of carboxylic acid groups (broad SMARTS) is 1. The van der Waals surface area contributed by atoms with Crippen LogP contribution in [0.4, 0.5) is 0 Å². The summed E-state index contributed by atoms with van der Waals surface area (Å²) in [7, 11) is 0. The molecule has 0 aromatic heterocycles. The Balaban J connectivity index is 1.73. The van der Waals surface area contributed by atoms with Gasteiger partial charge >= 0.3 is 5.97 Å². The third kappa shape index (κ3) is 4.58. The summed E-state index contributed by atoms with van der Waals surface area (Å²) in [4.78, 5) is 23.1. The van der Waals surface area contributed by atoms with E-state index in [1.54, 1.807) is 0 Å². The van der Waals surface area contributed by atoms with E-state index in [-0.39, 0.29) is 5.91 Å². The highest BCUT2D eigenvalue weighted by atomic mass is 16.4. The van der Waals surface area contributed by atoms with E-state index in [1.807, 2.05) is 25.1 Å². The fourth-order valence-electron chi connectivity index (χ4n) is 3.08. The number of benzene rings is 1. The van der Waals surface area contributed by atoms with Gasteiger partial charge in [-0.25, -0.2) is 4.79 Å². The van der Waals surface area contributed by atoms with Crippen molar-refractivity contribution >= 4 is 11.9 Å². The normalized spacial score (nSPS) is 21.7. The maximum atomic E-state index is 12.0. The summed E-state index contributed by atoms with van der Waals surface area (Å²) < 4.78 is 0. The van der Waals surface area contributed by atoms with Crippen molar-refractivity contribution in [1.29, 1.82) is 0 Å². The lowest BCUT2D eigenvalue weighted by atomic mass is 9.70. The average molecular weight is 303 g/mol. The van der Waals surface area contributed by atoms with Gasteiger partial charge in [-0.3, -0.25) is 4.79 Å². The Kier molecular flexibility index (Phi) is 5.99. The summed E-state index contributed by atoms with van der Waals surface area (Å²) in [5.74, 6) is -0.127. The summed E-state index contributed by atoms with van der Waals surface area (Å²) in [6.07, 6.45) is 4.74. The lowest BCUT2D eigenvalue weighted by Crippen LogP contribution is -2.42. The van der Waals surface area contributed by atoms with Gasteiger partial charge in [-0.2, -0.15) is 0 Å². The van der Waals surface area contributed by atoms with Crippen molar-refractivity contribution in [2.24, 2.45) is 5.92 Å². The van der Waals surface area contributed by atoms with Crippen molar-refractivity contribution in [3.8, 4) is 0 Å². The lowest BCUT2D eigenvalue weighted by molar-refractivity contribution is -0.142. The molecule has 0 saturated heterocycles. The number of aliphatic carboxylic acids is 1. The van der Waals surface area contributed by atoms with Gasteiger partial charge in [-0.05, 0) is 36.7 Å². The van der Waals surface area contributed by atoms with E-state index in [1.165, 1.54) is 5.56 Å². The van der Waals surface area contributed by atoms with Crippen molar-refractivity contribution in [1.82, 2.24) is 5.32 Å². The van der Waals surface area contributed by atoms with Gasteiger partial charge in [0.15, 0.2) is 0 Å². The Hall–Kier alpha value is -1.84. The predicted molar refractivity (Wildman–Crippen MR) is 85.6 cm³/mol. The van der Waals surface area contributed by atoms with Crippen LogP contribution < -0.4 is 5.32 Å². The molecule has 1 amide bonds. The zero-order valence-electron chi connectivity index (χ0n) is 13.1. The first kappa shape index (κ1) is 16.5. The maximum absolute atomic E-state index is 12.0. The minimum Gasteiger partial charge on any atom is -0.480 e. The first-order chi connectivity index (χ1) is 10.6. The van der Waals surface area contributed by atoms with Crippen molar-refractivity contribution in [3.63, 3.8) is 0 Å². The number of carbonyl (C=O) groups is 2. The molecule has 1 aliphatic rings. The summed E-state index contributed by atoms with van der Waals surface area (Å²) in [6, 6.07) is 9.62. The Morgan fingerprint density at radius 3 is 2.55 bits per heavy atom. The van der Waals surface area contributed by atoms with Gasteiger partial charge in [0, 0.05) is 6.42 Å². The molecular formula is C18H25NO3. The van der Waals surface area contributed by atoms with Gasteiger partial charge in [0.05, 0.1) is 0 Å². The summed E-state index contributed by atoms with van der Waals surface area (Å²) >= 11 is 0. The molecule has 1 aromatic rings. The average Bonchev–Trinajstić information content (AvgIpc) is 2.47. The number of hydrogen-bond donors (Lipinski definition) is 2. The maximum Gasteiger partial charge on any atom is 0.326 e. The van der Waals surface area contributed by atoms with Crippen LogP contribution in [0, 0.1) is 5.92 Å². The molecule has 0 heterocycles. The fraction of sp³-hybridized carbons (Fsp3) is 0.556. The zero-order valence-corrected chi connectivity index (χ0v) is 13.1. The fourth-order valence-corrected chi connectivity index (χ4v) is 3.08. The Morgan fingerprint density at radius 2 is 1.95 bits per heavy atom. The van der Waals surface area contributed by atoms with Crippen LogP contribution >= 0.6 is 0 Å². The summed E-state index contributed by atoms with van der Waals surface area (Å²) in [6.45, 7) is 2.01. The van der Waals surface area contributed by atoms with Crippen molar-refractivity contribution in [2.45, 2.75) is 57.4 Å². The van der Waals surface area contributed by atoms with Crippen molar-refractivity contribution in [3.05, 3.63) is 35.9 Å². The molecule has 2 N–H and O–H groups in total. The molecule has 0 spiro atoms. The molecule has 1 aromatic carbocycles. The second-order valence-corrected chi connectivity index (χ2v) is 6.25. The van der Waals surface area contributed by atoms with Crippen LogP contribution in [-0.2, 0) is 9.59 Å². The quantitative estimate of drug-likeness (QED) is 0.774. The molecule has 1 fully saturated rings. The van der Waals surface area contributed by atoms with E-state index in [2.05, 4.69) is 17.4 Å². The predicted octanol–water partition coefficient (Wildman–Crippen LogP) is 3.33. The monoisotopic (exact) mass is 303 g/mol. The molecule has 4 heteroatoms. The first-order valence-electron chi connectivity index (χ1n) is 8.17. The lowest BCUT2D eigenvalue weighted by Gasteiger charge is -2.35. The van der Waals surface area contributed by atoms with Gasteiger partial charge in [-0.15, -0.1) is 0 Å². The van der Waals surface area contributed by atoms with E-state index in [0.717, 1.165) is 25.7 Å². The highest BCUT2D eigenvalue weighted by Crippen LogP contribution is 2.43. The van der Waals surface area contributed by atoms with Crippen LogP contribution in [0.1, 0.15) is 56.9 Å². The second kappa shape index (κ2) is 7.97. The van der Waals surface area contributed by atoms with Crippen LogP contribution in [0.2, 0.25) is 0 Å². The third-order valence-electron chi connectivity index (χ3n) is 4.46. The van der Waals surface area contributed by atoms with Crippen LogP contribution in [0.3, 0.4) is 0 Å². The van der Waals surface area contributed by atoms with Crippen LogP contribution in [-0.4, -0.2) is 23.0 Å². The largest absolute Gasteiger partial charge is 0.480 e. The number of carboxylic acids is 1. The highest BCUT2D eigenvalue weighted by Gasteiger charge is 2.32. The number of carbonyl (C=O) groups excluding carboxylic acids is 1. The molecule has 0 aliphatic heterocycles. The number of rotatable bonds is 8. The number of unbranched alkanes of at least 4 members (excludes halogenated alkanes) is 1. The van der Waals surface area contributed by atoms with Crippen LogP contribution in [0.25, 0.3) is 0 Å². The minimum atomic E-state index is -0.933. The van der Waals surface area contributed by atoms with Gasteiger partial charge < -0.3 is 10.4 Å². The Bertz CT molecular complexity index is 494. The molecule has 0 bridgehead atoms. The molecule has 22 heavy (non-hydrogen) atoms. The van der Waals surface area contributed by atoms with E-state index in [9.17, 15) is 9.59 Å². The molecule has 2 rings (SSSR count). The molecule has 120 valence electrons. The van der Waals surface area contributed by atoms with E-state index >= 15 is 0 Å². The molecule has 0 radical (unpaired) electrons. The molecule has 1 aliphatic carbocycles. The van der Waals surface area contributed by atoms with E-state index in [4.69, 9.17) is 5.11 Å². The van der Waals surface area contributed by atoms with Gasteiger partial charge in [0.2, 0.25) is 5.91 Å². The molecular weight excluding hydrogens is 278 g/mol. The van der Waals surface area contributed by atoms with Crippen LogP contribution in [0.5, 0.6) is 0 Å². The standard InChI is InChI=1S/C18H25NO3/c1-2-3-9-16(18(21)22)19-17(20)12-13-10-15(11-13)14-7-5-4-6-8-14/h4-8,13,15-16H,2-3,9-12H2,1H3,(H,19,20)(H,21,22)/t13?,15?,16-/m0/s1. The van der Waals surface area contributed by atoms with Crippen molar-refractivity contribution in [2.75, 3.05) is 0 Å². The topological polar surface area (TPSA) is 66.4 Å². The summed E-state index contributed by atoms with van der Waals surface area (Å²) in [5, 5.41) is 11.8. The number of hydrogen-bond acceptors (Lipinski definition) is 2. The molecule has 0 unspecified atom stereocenters. The molecule has 1 atom stereocenters. The first-order valence-corrected chi connectivity index (χ1v) is 8.17. The minimum absolute atomic E-state index is 0.125. The molecule has 1 saturated carbocycles. The Morgan fingerprint density at radius 1 is 1.27 bits per heavy atom. The van der Waals surface area contributed by atoms with Gasteiger partial charge in [-0.1, -0.05) is 50.1 Å². The van der Waals surface area contributed by atoms with E-state index < -0.39 is 12.0 Å². The van der Waals surface area contributed by atoms with E-state index in [0.29, 0.717) is 24.7 Å². The smallest absolute Gasteiger partial charge is 0.326 e. The SMILES string of the molecule is CCCC[C@H](NC(=O)CC1CC(c2ccccc2)C1)C(=O)O. The number of nitrogens with one attached hydrogen (secondary N) is 1. The molecule has 4 nitrogen and oxygen atoms in total. The highest BCUT2D eigenvalue weighted by molar-refractivity contribution is 5.83. The summed E-state index contributed by atoms with van der Waals surface area (Å²) in [5.41, 5.74) is 1.34. The zero-order chi connectivity index (χ0) is 15.9. The Labute approximate surface area is 131 Å². The number of amides is 1. The van der Waals surface area contributed by atoms with Crippen molar-refractivity contribution < 1.29 is 14.7 Å². The van der Waals surface area contributed by atoms with Crippen LogP contribution in [0.15, 0.2) is 30.3 Å². The third-order valence-corrected chi connectivity index (χ3v) is 4.46. The van der Waals surface area contributed by atoms with Gasteiger partial charge in [0.25, 0.3) is 0 Å². The second-order valence-electron chi connectivity index (χ2n) is 6.25. The van der Waals surface area contributed by atoms with Gasteiger partial charge in [0.1, 0.15) is 6.04 Å².